The van der Waals surface area contributed by atoms with E-state index >= 15 is 0 Å². The minimum atomic E-state index is 0.869. The minimum absolute atomic E-state index is 0.869. The van der Waals surface area contributed by atoms with Gasteiger partial charge in [0.25, 0.3) is 0 Å². The average Bonchev–Trinajstić information content (AvgIpc) is 2.81. The molecule has 0 saturated heterocycles. The van der Waals surface area contributed by atoms with Crippen LogP contribution in [0.5, 0.6) is 0 Å². The standard InChI is InChI=1S/C11H14N4S/c1-9-5-3-4-6-10(9)7-8-15(2)11-12-13-14-16-11/h3-6H,7-8H2,1-2H3. The molecule has 4 nitrogen and oxygen atoms in total. The van der Waals surface area contributed by atoms with E-state index in [2.05, 4.69) is 50.9 Å². The number of nitrogens with zero attached hydrogens (tertiary/aromatic N) is 4. The van der Waals surface area contributed by atoms with E-state index < -0.39 is 0 Å². The van der Waals surface area contributed by atoms with Crippen molar-refractivity contribution < 1.29 is 0 Å². The van der Waals surface area contributed by atoms with Crippen LogP contribution in [0.3, 0.4) is 0 Å². The zero-order valence-electron chi connectivity index (χ0n) is 9.42. The third-order valence-electron chi connectivity index (χ3n) is 2.59. The fraction of sp³-hybridized carbons (Fsp3) is 0.364. The molecule has 84 valence electrons. The Kier molecular flexibility index (Phi) is 3.46. The van der Waals surface area contributed by atoms with Crippen molar-refractivity contribution in [1.82, 2.24) is 14.8 Å². The normalized spacial score (nSPS) is 10.4. The van der Waals surface area contributed by atoms with Crippen LogP contribution in [0, 0.1) is 6.92 Å². The molecule has 0 N–H and O–H groups in total. The van der Waals surface area contributed by atoms with Gasteiger partial charge >= 0.3 is 0 Å². The summed E-state index contributed by atoms with van der Waals surface area (Å²) >= 11 is 1.32. The second-order valence-corrected chi connectivity index (χ2v) is 4.45. The quantitative estimate of drug-likeness (QED) is 0.810. The van der Waals surface area contributed by atoms with E-state index in [0.29, 0.717) is 0 Å². The zero-order valence-corrected chi connectivity index (χ0v) is 10.2. The van der Waals surface area contributed by atoms with E-state index in [0.717, 1.165) is 18.1 Å². The Morgan fingerprint density at radius 1 is 1.31 bits per heavy atom. The van der Waals surface area contributed by atoms with Crippen molar-refractivity contribution in [2.75, 3.05) is 18.5 Å². The highest BCUT2D eigenvalue weighted by molar-refractivity contribution is 7.09. The van der Waals surface area contributed by atoms with E-state index in [9.17, 15) is 0 Å². The number of hydrogen-bond donors (Lipinski definition) is 0. The summed E-state index contributed by atoms with van der Waals surface area (Å²) in [5, 5.41) is 8.40. The predicted octanol–water partition coefficient (Wildman–Crippen LogP) is 1.92. The van der Waals surface area contributed by atoms with Gasteiger partial charge in [0, 0.05) is 25.1 Å². The third-order valence-corrected chi connectivity index (χ3v) is 3.30. The molecule has 0 spiro atoms. The number of aryl methyl sites for hydroxylation is 1. The van der Waals surface area contributed by atoms with Gasteiger partial charge in [0.15, 0.2) is 0 Å². The van der Waals surface area contributed by atoms with Gasteiger partial charge in [0.05, 0.1) is 0 Å². The summed E-state index contributed by atoms with van der Waals surface area (Å²) in [7, 11) is 2.01. The lowest BCUT2D eigenvalue weighted by Gasteiger charge is -2.14. The van der Waals surface area contributed by atoms with Crippen molar-refractivity contribution in [2.45, 2.75) is 13.3 Å². The maximum absolute atomic E-state index is 3.93. The fourth-order valence-electron chi connectivity index (χ4n) is 1.55. The number of likely N-dealkylation sites (N-methyl/N-ethyl adjacent to an activating group) is 1. The zero-order chi connectivity index (χ0) is 11.4. The lowest BCUT2D eigenvalue weighted by atomic mass is 10.1. The summed E-state index contributed by atoms with van der Waals surface area (Å²) in [6, 6.07) is 8.45. The van der Waals surface area contributed by atoms with Gasteiger partial charge in [0.2, 0.25) is 5.13 Å². The van der Waals surface area contributed by atoms with Crippen LogP contribution in [0.4, 0.5) is 5.13 Å². The Labute approximate surface area is 99.1 Å². The SMILES string of the molecule is Cc1ccccc1CCN(C)c1nnns1. The van der Waals surface area contributed by atoms with E-state index in [1.165, 1.54) is 22.7 Å². The van der Waals surface area contributed by atoms with E-state index in [-0.39, 0.29) is 0 Å². The maximum Gasteiger partial charge on any atom is 0.227 e. The van der Waals surface area contributed by atoms with Crippen molar-refractivity contribution >= 4 is 16.7 Å². The highest BCUT2D eigenvalue weighted by atomic mass is 32.1. The molecule has 0 bridgehead atoms. The first-order valence-corrected chi connectivity index (χ1v) is 5.95. The molecule has 1 aromatic heterocycles. The Balaban J connectivity index is 1.95. The second-order valence-electron chi connectivity index (χ2n) is 3.74. The molecule has 1 aromatic carbocycles. The summed E-state index contributed by atoms with van der Waals surface area (Å²) in [6.45, 7) is 3.07. The average molecular weight is 234 g/mol. The van der Waals surface area contributed by atoms with Gasteiger partial charge < -0.3 is 4.90 Å². The fourth-order valence-corrected chi connectivity index (χ4v) is 2.00. The summed E-state index contributed by atoms with van der Waals surface area (Å²) < 4.78 is 3.75. The number of aromatic nitrogens is 3. The monoisotopic (exact) mass is 234 g/mol. The van der Waals surface area contributed by atoms with Gasteiger partial charge in [-0.2, -0.15) is 0 Å². The first kappa shape index (κ1) is 11.0. The Hall–Kier alpha value is -1.49. The van der Waals surface area contributed by atoms with E-state index in [1.807, 2.05) is 7.05 Å². The molecule has 0 aliphatic carbocycles. The van der Waals surface area contributed by atoms with Gasteiger partial charge in [-0.15, -0.1) is 0 Å². The van der Waals surface area contributed by atoms with Crippen LogP contribution in [0.15, 0.2) is 24.3 Å². The summed E-state index contributed by atoms with van der Waals surface area (Å²) in [5.41, 5.74) is 2.72. The molecule has 16 heavy (non-hydrogen) atoms. The molecule has 0 saturated carbocycles. The third kappa shape index (κ3) is 2.55. The molecule has 0 atom stereocenters. The van der Waals surface area contributed by atoms with E-state index in [4.69, 9.17) is 0 Å². The number of hydrogen-bond acceptors (Lipinski definition) is 5. The smallest absolute Gasteiger partial charge is 0.227 e. The summed E-state index contributed by atoms with van der Waals surface area (Å²) in [5.74, 6) is 0. The lowest BCUT2D eigenvalue weighted by molar-refractivity contribution is 0.845. The van der Waals surface area contributed by atoms with Crippen molar-refractivity contribution in [3.8, 4) is 0 Å². The molecule has 0 aliphatic rings. The molecule has 0 fully saturated rings. The van der Waals surface area contributed by atoms with Crippen molar-refractivity contribution in [3.05, 3.63) is 35.4 Å². The molecule has 0 amide bonds. The van der Waals surface area contributed by atoms with Crippen molar-refractivity contribution in [2.24, 2.45) is 0 Å². The molecule has 0 unspecified atom stereocenters. The number of benzene rings is 1. The topological polar surface area (TPSA) is 41.9 Å². The molecule has 0 aliphatic heterocycles. The van der Waals surface area contributed by atoms with Crippen LogP contribution >= 0.6 is 11.5 Å². The maximum atomic E-state index is 3.93. The van der Waals surface area contributed by atoms with Crippen molar-refractivity contribution in [3.63, 3.8) is 0 Å². The predicted molar refractivity (Wildman–Crippen MR) is 65.9 cm³/mol. The number of anilines is 1. The van der Waals surface area contributed by atoms with Crippen molar-refractivity contribution in [1.29, 1.82) is 0 Å². The van der Waals surface area contributed by atoms with Gasteiger partial charge in [-0.25, -0.2) is 0 Å². The van der Waals surface area contributed by atoms with Crippen LogP contribution in [0.1, 0.15) is 11.1 Å². The summed E-state index contributed by atoms with van der Waals surface area (Å²) in [4.78, 5) is 2.08. The Morgan fingerprint density at radius 2 is 2.12 bits per heavy atom. The van der Waals surface area contributed by atoms with E-state index in [1.54, 1.807) is 0 Å². The minimum Gasteiger partial charge on any atom is -0.348 e. The largest absolute Gasteiger partial charge is 0.348 e. The molecular weight excluding hydrogens is 220 g/mol. The molecule has 2 rings (SSSR count). The second kappa shape index (κ2) is 5.03. The van der Waals surface area contributed by atoms with Gasteiger partial charge in [0.1, 0.15) is 0 Å². The highest BCUT2D eigenvalue weighted by Crippen LogP contribution is 2.13. The summed E-state index contributed by atoms with van der Waals surface area (Å²) in [6.07, 6.45) is 1.02. The van der Waals surface area contributed by atoms with Crippen LogP contribution in [0.25, 0.3) is 0 Å². The van der Waals surface area contributed by atoms with Gasteiger partial charge in [-0.1, -0.05) is 33.9 Å². The van der Waals surface area contributed by atoms with Crippen LogP contribution < -0.4 is 4.90 Å². The van der Waals surface area contributed by atoms with Crippen LogP contribution in [-0.2, 0) is 6.42 Å². The lowest BCUT2D eigenvalue weighted by Crippen LogP contribution is -2.20. The van der Waals surface area contributed by atoms with Crippen LogP contribution in [-0.4, -0.2) is 28.4 Å². The molecular formula is C11H14N4S. The molecule has 0 radical (unpaired) electrons. The molecule has 2 aromatic rings. The number of rotatable bonds is 4. The first-order chi connectivity index (χ1) is 7.77. The first-order valence-electron chi connectivity index (χ1n) is 5.18. The molecule has 5 heteroatoms. The van der Waals surface area contributed by atoms with Crippen LogP contribution in [0.2, 0.25) is 0 Å². The Morgan fingerprint density at radius 3 is 2.81 bits per heavy atom. The highest BCUT2D eigenvalue weighted by Gasteiger charge is 2.06. The Bertz CT molecular complexity index is 441. The molecule has 1 heterocycles. The van der Waals surface area contributed by atoms with Gasteiger partial charge in [-0.3, -0.25) is 0 Å². The van der Waals surface area contributed by atoms with Gasteiger partial charge in [-0.05, 0) is 29.7 Å².